The van der Waals surface area contributed by atoms with Gasteiger partial charge in [0.1, 0.15) is 5.82 Å². The third kappa shape index (κ3) is 5.40. The Morgan fingerprint density at radius 2 is 1.88 bits per heavy atom. The molecule has 0 bridgehead atoms. The van der Waals surface area contributed by atoms with Crippen LogP contribution in [0.15, 0.2) is 72.9 Å². The van der Waals surface area contributed by atoms with E-state index in [1.165, 1.54) is 12.1 Å². The number of hydrogen-bond donors (Lipinski definition) is 1. The third-order valence-electron chi connectivity index (χ3n) is 5.91. The summed E-state index contributed by atoms with van der Waals surface area (Å²) in [6.07, 6.45) is 2.90. The molecule has 6 heteroatoms. The minimum Gasteiger partial charge on any atom is -0.356 e. The van der Waals surface area contributed by atoms with Crippen molar-refractivity contribution in [2.24, 2.45) is 0 Å². The highest BCUT2D eigenvalue weighted by atomic mass is 35.5. The predicted octanol–water partition coefficient (Wildman–Crippen LogP) is 6.99. The summed E-state index contributed by atoms with van der Waals surface area (Å²) in [4.78, 5) is 13.0. The Kier molecular flexibility index (Phi) is 7.36. The first-order chi connectivity index (χ1) is 16.0. The molecule has 3 nitrogen and oxygen atoms in total. The summed E-state index contributed by atoms with van der Waals surface area (Å²) in [6.45, 7) is 3.35. The summed E-state index contributed by atoms with van der Waals surface area (Å²) >= 11 is 12.2. The van der Waals surface area contributed by atoms with Gasteiger partial charge in [-0.3, -0.25) is 4.79 Å². The van der Waals surface area contributed by atoms with Crippen LogP contribution < -0.4 is 5.32 Å². The number of carbonyl (C=O) groups is 1. The van der Waals surface area contributed by atoms with Crippen LogP contribution in [0.3, 0.4) is 0 Å². The van der Waals surface area contributed by atoms with Gasteiger partial charge in [0.05, 0.1) is 0 Å². The SMILES string of the molecule is CCn1cc(C(CC(=O)NCCc2ccc(Cl)cc2Cl)c2cccc(F)c2)c2ccccc21. The molecule has 1 aromatic heterocycles. The molecule has 3 aromatic carbocycles. The number of aromatic nitrogens is 1. The standard InChI is InChI=1S/C27H25Cl2FN2O/c1-2-32-17-24(22-8-3-4-9-26(22)32)23(19-6-5-7-21(30)14-19)16-27(33)31-13-12-18-10-11-20(28)15-25(18)29/h3-11,14-15,17,23H,2,12-13,16H2,1H3,(H,31,33). The van der Waals surface area contributed by atoms with E-state index in [1.54, 1.807) is 18.2 Å². The molecule has 0 aliphatic rings. The van der Waals surface area contributed by atoms with Crippen LogP contribution in [0, 0.1) is 5.82 Å². The molecule has 4 aromatic rings. The van der Waals surface area contributed by atoms with Gasteiger partial charge in [-0.25, -0.2) is 4.39 Å². The molecule has 1 N–H and O–H groups in total. The normalized spacial score (nSPS) is 12.1. The minimum atomic E-state index is -0.311. The van der Waals surface area contributed by atoms with E-state index in [1.807, 2.05) is 24.3 Å². The van der Waals surface area contributed by atoms with Crippen LogP contribution in [-0.4, -0.2) is 17.0 Å². The number of fused-ring (bicyclic) bond motifs is 1. The van der Waals surface area contributed by atoms with Crippen LogP contribution in [0.1, 0.15) is 36.0 Å². The van der Waals surface area contributed by atoms with Crippen molar-refractivity contribution in [1.82, 2.24) is 9.88 Å². The molecular formula is C27H25Cl2FN2O. The fourth-order valence-electron chi connectivity index (χ4n) is 4.26. The lowest BCUT2D eigenvalue weighted by molar-refractivity contribution is -0.121. The first-order valence-electron chi connectivity index (χ1n) is 11.0. The van der Waals surface area contributed by atoms with Crippen molar-refractivity contribution >= 4 is 40.0 Å². The maximum absolute atomic E-state index is 14.1. The fourth-order valence-corrected chi connectivity index (χ4v) is 4.77. The summed E-state index contributed by atoms with van der Waals surface area (Å²) in [5.41, 5.74) is 3.84. The van der Waals surface area contributed by atoms with E-state index >= 15 is 0 Å². The van der Waals surface area contributed by atoms with Crippen molar-refractivity contribution in [1.29, 1.82) is 0 Å². The van der Waals surface area contributed by atoms with Crippen molar-refractivity contribution in [3.05, 3.63) is 105 Å². The number of carbonyl (C=O) groups excluding carboxylic acids is 1. The Bertz CT molecular complexity index is 1280. The van der Waals surface area contributed by atoms with Crippen LogP contribution in [0.4, 0.5) is 4.39 Å². The smallest absolute Gasteiger partial charge is 0.220 e. The van der Waals surface area contributed by atoms with Gasteiger partial charge in [-0.15, -0.1) is 0 Å². The van der Waals surface area contributed by atoms with E-state index in [9.17, 15) is 9.18 Å². The Labute approximate surface area is 203 Å². The fraction of sp³-hybridized carbons (Fsp3) is 0.222. The molecule has 0 fully saturated rings. The third-order valence-corrected chi connectivity index (χ3v) is 6.49. The zero-order valence-corrected chi connectivity index (χ0v) is 19.8. The van der Waals surface area contributed by atoms with Gasteiger partial charge >= 0.3 is 0 Å². The Hall–Kier alpha value is -2.82. The lowest BCUT2D eigenvalue weighted by Gasteiger charge is -2.17. The average Bonchev–Trinajstić information content (AvgIpc) is 3.17. The molecule has 0 radical (unpaired) electrons. The number of para-hydroxylation sites is 1. The maximum atomic E-state index is 14.1. The summed E-state index contributed by atoms with van der Waals surface area (Å²) in [6, 6.07) is 20.0. The highest BCUT2D eigenvalue weighted by Gasteiger charge is 2.23. The number of hydrogen-bond acceptors (Lipinski definition) is 1. The molecule has 33 heavy (non-hydrogen) atoms. The van der Waals surface area contributed by atoms with Gasteiger partial charge in [0.15, 0.2) is 0 Å². The highest BCUT2D eigenvalue weighted by molar-refractivity contribution is 6.35. The van der Waals surface area contributed by atoms with E-state index in [0.717, 1.165) is 34.1 Å². The molecule has 0 aliphatic heterocycles. The van der Waals surface area contributed by atoms with Gasteiger partial charge in [0.2, 0.25) is 5.91 Å². The predicted molar refractivity (Wildman–Crippen MR) is 134 cm³/mol. The van der Waals surface area contributed by atoms with Crippen LogP contribution in [-0.2, 0) is 17.8 Å². The van der Waals surface area contributed by atoms with Crippen molar-refractivity contribution in [2.45, 2.75) is 32.2 Å². The van der Waals surface area contributed by atoms with Crippen LogP contribution in [0.5, 0.6) is 0 Å². The second-order valence-electron chi connectivity index (χ2n) is 8.04. The average molecular weight is 483 g/mol. The Morgan fingerprint density at radius 1 is 1.06 bits per heavy atom. The molecule has 1 heterocycles. The van der Waals surface area contributed by atoms with E-state index in [-0.39, 0.29) is 24.1 Å². The van der Waals surface area contributed by atoms with Gasteiger partial charge in [-0.2, -0.15) is 0 Å². The van der Waals surface area contributed by atoms with Crippen molar-refractivity contribution in [3.63, 3.8) is 0 Å². The van der Waals surface area contributed by atoms with E-state index in [0.29, 0.717) is 23.0 Å². The molecule has 0 saturated heterocycles. The quantitative estimate of drug-likeness (QED) is 0.288. The number of nitrogens with one attached hydrogen (secondary N) is 1. The Balaban J connectivity index is 1.57. The minimum absolute atomic E-state index is 0.0947. The van der Waals surface area contributed by atoms with Gasteiger partial charge in [0, 0.05) is 52.6 Å². The topological polar surface area (TPSA) is 34.0 Å². The largest absolute Gasteiger partial charge is 0.356 e. The molecule has 0 saturated carbocycles. The molecule has 1 unspecified atom stereocenters. The molecule has 0 spiro atoms. The number of aryl methyl sites for hydroxylation is 1. The first kappa shape index (κ1) is 23.3. The Morgan fingerprint density at radius 3 is 2.64 bits per heavy atom. The number of rotatable bonds is 8. The van der Waals surface area contributed by atoms with Gasteiger partial charge < -0.3 is 9.88 Å². The molecule has 4 rings (SSSR count). The van der Waals surface area contributed by atoms with Crippen LogP contribution >= 0.6 is 23.2 Å². The van der Waals surface area contributed by atoms with Crippen LogP contribution in [0.25, 0.3) is 10.9 Å². The molecule has 1 atom stereocenters. The molecular weight excluding hydrogens is 458 g/mol. The molecule has 0 aliphatic carbocycles. The van der Waals surface area contributed by atoms with E-state index < -0.39 is 0 Å². The van der Waals surface area contributed by atoms with E-state index in [2.05, 4.69) is 35.1 Å². The van der Waals surface area contributed by atoms with Crippen molar-refractivity contribution < 1.29 is 9.18 Å². The zero-order valence-electron chi connectivity index (χ0n) is 18.3. The van der Waals surface area contributed by atoms with Gasteiger partial charge in [-0.05, 0) is 60.4 Å². The van der Waals surface area contributed by atoms with Gasteiger partial charge in [0.25, 0.3) is 0 Å². The van der Waals surface area contributed by atoms with Gasteiger partial charge in [-0.1, -0.05) is 59.6 Å². The summed E-state index contributed by atoms with van der Waals surface area (Å²) < 4.78 is 16.3. The second kappa shape index (κ2) is 10.4. The summed E-state index contributed by atoms with van der Waals surface area (Å²) in [5.74, 6) is -0.672. The first-order valence-corrected chi connectivity index (χ1v) is 11.8. The summed E-state index contributed by atoms with van der Waals surface area (Å²) in [7, 11) is 0. The number of amides is 1. The molecule has 170 valence electrons. The zero-order chi connectivity index (χ0) is 23.4. The highest BCUT2D eigenvalue weighted by Crippen LogP contribution is 2.35. The summed E-state index contributed by atoms with van der Waals surface area (Å²) in [5, 5.41) is 5.24. The number of benzene rings is 3. The monoisotopic (exact) mass is 482 g/mol. The number of halogens is 3. The lowest BCUT2D eigenvalue weighted by atomic mass is 9.88. The molecule has 1 amide bonds. The van der Waals surface area contributed by atoms with Crippen LogP contribution in [0.2, 0.25) is 10.0 Å². The lowest BCUT2D eigenvalue weighted by Crippen LogP contribution is -2.27. The number of nitrogens with zero attached hydrogens (tertiary/aromatic N) is 1. The van der Waals surface area contributed by atoms with E-state index in [4.69, 9.17) is 23.2 Å². The van der Waals surface area contributed by atoms with Crippen molar-refractivity contribution in [2.75, 3.05) is 6.54 Å². The maximum Gasteiger partial charge on any atom is 0.220 e. The second-order valence-corrected chi connectivity index (χ2v) is 8.88. The van der Waals surface area contributed by atoms with Crippen molar-refractivity contribution in [3.8, 4) is 0 Å².